The van der Waals surface area contributed by atoms with Crippen LogP contribution < -0.4 is 11.2 Å². The van der Waals surface area contributed by atoms with E-state index in [0.717, 1.165) is 38.4 Å². The third-order valence-corrected chi connectivity index (χ3v) is 3.56. The van der Waals surface area contributed by atoms with E-state index in [1.807, 2.05) is 0 Å². The van der Waals surface area contributed by atoms with Crippen molar-refractivity contribution in [2.75, 3.05) is 0 Å². The molecular formula is C16H13F3N2O4. The average molecular weight is 354 g/mol. The lowest BCUT2D eigenvalue weighted by atomic mass is 10.1. The molecule has 0 aliphatic rings. The number of benzene rings is 1. The van der Waals surface area contributed by atoms with Crippen molar-refractivity contribution in [1.82, 2.24) is 9.13 Å². The van der Waals surface area contributed by atoms with Crippen molar-refractivity contribution in [1.29, 1.82) is 0 Å². The minimum Gasteiger partial charge on any atom is -0.494 e. The SMILES string of the molecule is Cn1c(O)c(C(=O)C=Cc2ccccc2C(F)(F)F)c(=O)n(C)c1=O. The second-order valence-electron chi connectivity index (χ2n) is 5.19. The molecule has 0 aliphatic heterocycles. The topological polar surface area (TPSA) is 81.3 Å². The van der Waals surface area contributed by atoms with Crippen LogP contribution in [-0.2, 0) is 20.3 Å². The number of hydrogen-bond acceptors (Lipinski definition) is 4. The highest BCUT2D eigenvalue weighted by atomic mass is 19.4. The van der Waals surface area contributed by atoms with Crippen molar-refractivity contribution < 1.29 is 23.1 Å². The highest BCUT2D eigenvalue weighted by Crippen LogP contribution is 2.32. The summed E-state index contributed by atoms with van der Waals surface area (Å²) in [5.74, 6) is -1.88. The molecule has 0 atom stereocenters. The summed E-state index contributed by atoms with van der Waals surface area (Å²) in [6, 6.07) is 4.58. The first-order valence-electron chi connectivity index (χ1n) is 6.93. The third-order valence-electron chi connectivity index (χ3n) is 3.56. The fraction of sp³-hybridized carbons (Fsp3) is 0.188. The molecule has 132 valence electrons. The van der Waals surface area contributed by atoms with E-state index in [4.69, 9.17) is 0 Å². The van der Waals surface area contributed by atoms with Crippen molar-refractivity contribution in [2.45, 2.75) is 6.18 Å². The molecule has 0 amide bonds. The fourth-order valence-electron chi connectivity index (χ4n) is 2.20. The second-order valence-corrected chi connectivity index (χ2v) is 5.19. The Labute approximate surface area is 139 Å². The molecule has 0 saturated carbocycles. The molecule has 9 heteroatoms. The Balaban J connectivity index is 2.52. The van der Waals surface area contributed by atoms with Gasteiger partial charge in [-0.15, -0.1) is 0 Å². The molecule has 0 aliphatic carbocycles. The number of hydrogen-bond donors (Lipinski definition) is 1. The van der Waals surface area contributed by atoms with E-state index in [2.05, 4.69) is 0 Å². The van der Waals surface area contributed by atoms with Crippen LogP contribution in [0.1, 0.15) is 21.5 Å². The quantitative estimate of drug-likeness (QED) is 0.672. The Morgan fingerprint density at radius 3 is 2.32 bits per heavy atom. The molecule has 2 aromatic rings. The Kier molecular flexibility index (Phi) is 4.69. The van der Waals surface area contributed by atoms with E-state index in [-0.39, 0.29) is 5.56 Å². The predicted molar refractivity (Wildman–Crippen MR) is 83.4 cm³/mol. The molecule has 0 unspecified atom stereocenters. The van der Waals surface area contributed by atoms with E-state index in [0.29, 0.717) is 9.13 Å². The number of nitrogens with zero attached hydrogens (tertiary/aromatic N) is 2. The lowest BCUT2D eigenvalue weighted by molar-refractivity contribution is -0.137. The summed E-state index contributed by atoms with van der Waals surface area (Å²) in [6.45, 7) is 0. The summed E-state index contributed by atoms with van der Waals surface area (Å²) >= 11 is 0. The number of aromatic nitrogens is 2. The maximum Gasteiger partial charge on any atom is 0.416 e. The first-order chi connectivity index (χ1) is 11.6. The lowest BCUT2D eigenvalue weighted by Crippen LogP contribution is -2.39. The molecule has 0 spiro atoms. The monoisotopic (exact) mass is 354 g/mol. The fourth-order valence-corrected chi connectivity index (χ4v) is 2.20. The molecule has 0 bridgehead atoms. The summed E-state index contributed by atoms with van der Waals surface area (Å²) in [7, 11) is 2.26. The average Bonchev–Trinajstić information content (AvgIpc) is 2.56. The van der Waals surface area contributed by atoms with Crippen LogP contribution in [0.25, 0.3) is 6.08 Å². The van der Waals surface area contributed by atoms with Crippen molar-refractivity contribution >= 4 is 11.9 Å². The minimum absolute atomic E-state index is 0.274. The van der Waals surface area contributed by atoms with Gasteiger partial charge in [-0.25, -0.2) is 4.79 Å². The molecule has 0 fully saturated rings. The standard InChI is InChI=1S/C16H13F3N2O4/c1-20-13(23)12(14(24)21(2)15(20)25)11(22)8-7-9-5-3-4-6-10(9)16(17,18)19/h3-8,23H,1-2H3. The van der Waals surface area contributed by atoms with Gasteiger partial charge in [0.2, 0.25) is 5.88 Å². The lowest BCUT2D eigenvalue weighted by Gasteiger charge is -2.10. The third kappa shape index (κ3) is 3.39. The van der Waals surface area contributed by atoms with E-state index in [1.165, 1.54) is 12.1 Å². The number of carbonyl (C=O) groups excluding carboxylic acids is 1. The maximum atomic E-state index is 12.9. The van der Waals surface area contributed by atoms with E-state index in [1.54, 1.807) is 0 Å². The zero-order valence-electron chi connectivity index (χ0n) is 13.2. The van der Waals surface area contributed by atoms with E-state index in [9.17, 15) is 32.7 Å². The number of aromatic hydroxyl groups is 1. The highest BCUT2D eigenvalue weighted by molar-refractivity contribution is 6.08. The first-order valence-corrected chi connectivity index (χ1v) is 6.93. The number of ketones is 1. The van der Waals surface area contributed by atoms with Crippen LogP contribution in [0.2, 0.25) is 0 Å². The van der Waals surface area contributed by atoms with Gasteiger partial charge in [0, 0.05) is 14.1 Å². The summed E-state index contributed by atoms with van der Waals surface area (Å²) in [6.07, 6.45) is -2.97. The van der Waals surface area contributed by atoms with Gasteiger partial charge in [0.1, 0.15) is 5.56 Å². The maximum absolute atomic E-state index is 12.9. The van der Waals surface area contributed by atoms with Gasteiger partial charge in [-0.1, -0.05) is 24.3 Å². The summed E-state index contributed by atoms with van der Waals surface area (Å²) in [4.78, 5) is 35.8. The number of alkyl halides is 3. The van der Waals surface area contributed by atoms with Crippen molar-refractivity contribution in [3.8, 4) is 5.88 Å². The van der Waals surface area contributed by atoms with Gasteiger partial charge >= 0.3 is 11.9 Å². The Morgan fingerprint density at radius 2 is 1.72 bits per heavy atom. The Hall–Kier alpha value is -3.10. The van der Waals surface area contributed by atoms with E-state index >= 15 is 0 Å². The van der Waals surface area contributed by atoms with Crippen molar-refractivity contribution in [3.05, 3.63) is 67.9 Å². The largest absolute Gasteiger partial charge is 0.494 e. The van der Waals surface area contributed by atoms with Crippen LogP contribution in [0.15, 0.2) is 39.9 Å². The zero-order valence-corrected chi connectivity index (χ0v) is 13.2. The van der Waals surface area contributed by atoms with Gasteiger partial charge in [0.15, 0.2) is 5.78 Å². The molecule has 1 aromatic carbocycles. The molecule has 0 saturated heterocycles. The molecule has 1 N–H and O–H groups in total. The second kappa shape index (κ2) is 6.42. The number of allylic oxidation sites excluding steroid dienone is 1. The van der Waals surface area contributed by atoms with Crippen molar-refractivity contribution in [3.63, 3.8) is 0 Å². The van der Waals surface area contributed by atoms with Gasteiger partial charge < -0.3 is 5.11 Å². The zero-order chi connectivity index (χ0) is 18.9. The van der Waals surface area contributed by atoms with E-state index < -0.39 is 40.2 Å². The normalized spacial score (nSPS) is 11.9. The van der Waals surface area contributed by atoms with Gasteiger partial charge in [-0.2, -0.15) is 13.2 Å². The summed E-state index contributed by atoms with van der Waals surface area (Å²) in [5, 5.41) is 9.85. The van der Waals surface area contributed by atoms with Gasteiger partial charge in [0.25, 0.3) is 5.56 Å². The number of carbonyl (C=O) groups is 1. The summed E-state index contributed by atoms with van der Waals surface area (Å²) < 4.78 is 40.1. The molecule has 1 aromatic heterocycles. The number of halogens is 3. The van der Waals surface area contributed by atoms with Crippen LogP contribution in [0.4, 0.5) is 13.2 Å². The van der Waals surface area contributed by atoms with Gasteiger partial charge in [-0.05, 0) is 17.7 Å². The first kappa shape index (κ1) is 18.2. The Morgan fingerprint density at radius 1 is 1.12 bits per heavy atom. The van der Waals surface area contributed by atoms with Gasteiger partial charge in [-0.3, -0.25) is 18.7 Å². The molecule has 6 nitrogen and oxygen atoms in total. The molecule has 1 heterocycles. The Bertz CT molecular complexity index is 984. The van der Waals surface area contributed by atoms with Crippen LogP contribution in [0.5, 0.6) is 5.88 Å². The molecule has 2 rings (SSSR count). The van der Waals surface area contributed by atoms with Crippen LogP contribution in [0, 0.1) is 0 Å². The molecule has 0 radical (unpaired) electrons. The van der Waals surface area contributed by atoms with Crippen LogP contribution >= 0.6 is 0 Å². The van der Waals surface area contributed by atoms with Crippen molar-refractivity contribution in [2.24, 2.45) is 14.1 Å². The molecule has 25 heavy (non-hydrogen) atoms. The number of rotatable bonds is 3. The van der Waals surface area contributed by atoms with Gasteiger partial charge in [0.05, 0.1) is 5.56 Å². The minimum atomic E-state index is -4.61. The highest BCUT2D eigenvalue weighted by Gasteiger charge is 2.32. The molecular weight excluding hydrogens is 341 g/mol. The van der Waals surface area contributed by atoms with Crippen LogP contribution in [-0.4, -0.2) is 20.0 Å². The predicted octanol–water partition coefficient (Wildman–Crippen LogP) is 1.70. The van der Waals surface area contributed by atoms with Crippen LogP contribution in [0.3, 0.4) is 0 Å². The summed E-state index contributed by atoms with van der Waals surface area (Å²) in [5.41, 5.74) is -3.81. The smallest absolute Gasteiger partial charge is 0.416 e.